The first kappa shape index (κ1) is 23.3. The van der Waals surface area contributed by atoms with Crippen LogP contribution in [0.4, 0.5) is 0 Å². The van der Waals surface area contributed by atoms with Crippen molar-refractivity contribution in [3.63, 3.8) is 0 Å². The highest BCUT2D eigenvalue weighted by Crippen LogP contribution is 2.27. The molecule has 0 bridgehead atoms. The molecule has 0 unspecified atom stereocenters. The van der Waals surface area contributed by atoms with Crippen LogP contribution in [0.15, 0.2) is 63.8 Å². The number of hydrogen-bond donors (Lipinski definition) is 1. The lowest BCUT2D eigenvalue weighted by atomic mass is 10.1. The molecule has 3 aromatic rings. The summed E-state index contributed by atoms with van der Waals surface area (Å²) in [6, 6.07) is 16.7. The molecule has 0 spiro atoms. The number of piperidine rings is 1. The summed E-state index contributed by atoms with van der Waals surface area (Å²) < 4.78 is 11.9. The summed E-state index contributed by atoms with van der Waals surface area (Å²) >= 11 is 0. The molecule has 0 amide bonds. The number of aliphatic hydroxyl groups excluding tert-OH is 1. The Balaban J connectivity index is 0.00000272. The highest BCUT2D eigenvalue weighted by Gasteiger charge is 2.16. The summed E-state index contributed by atoms with van der Waals surface area (Å²) in [5, 5.41) is 10.1. The summed E-state index contributed by atoms with van der Waals surface area (Å²) in [5.41, 5.74) is 1.34. The van der Waals surface area contributed by atoms with Crippen LogP contribution in [-0.4, -0.2) is 42.4 Å². The molecule has 166 valence electrons. The zero-order chi connectivity index (χ0) is 20.8. The van der Waals surface area contributed by atoms with Crippen molar-refractivity contribution in [2.45, 2.75) is 38.2 Å². The molecule has 6 heteroatoms. The average Bonchev–Trinajstić information content (AvgIpc) is 2.77. The normalized spacial score (nSPS) is 15.0. The summed E-state index contributed by atoms with van der Waals surface area (Å²) in [5.74, 6) is 1.15. The molecule has 5 nitrogen and oxygen atoms in total. The van der Waals surface area contributed by atoms with Gasteiger partial charge in [-0.05, 0) is 50.8 Å². The van der Waals surface area contributed by atoms with E-state index in [-0.39, 0.29) is 23.9 Å². The van der Waals surface area contributed by atoms with Crippen LogP contribution in [0.3, 0.4) is 0 Å². The molecule has 1 aliphatic heterocycles. The Labute approximate surface area is 189 Å². The van der Waals surface area contributed by atoms with Crippen molar-refractivity contribution in [2.24, 2.45) is 0 Å². The van der Waals surface area contributed by atoms with Gasteiger partial charge in [0.05, 0.1) is 12.7 Å². The maximum Gasteiger partial charge on any atom is 0.197 e. The van der Waals surface area contributed by atoms with Crippen LogP contribution in [0.2, 0.25) is 0 Å². The van der Waals surface area contributed by atoms with E-state index in [1.165, 1.54) is 0 Å². The molecule has 1 N–H and O–H groups in total. The van der Waals surface area contributed by atoms with Crippen molar-refractivity contribution >= 4 is 23.4 Å². The van der Waals surface area contributed by atoms with Gasteiger partial charge < -0.3 is 19.2 Å². The van der Waals surface area contributed by atoms with E-state index in [4.69, 9.17) is 9.15 Å². The standard InChI is InChI=1S/C25H29NO4.ClH/c27-20-12-15-26(16-13-20)14-5-2-6-17-29-22-10-7-11-23-25(22)21(28)18-24(30-23)19-8-3-1-4-9-19;/h1,3-4,7-11,18,20,27H,2,5-6,12-17H2;1H. The lowest BCUT2D eigenvalue weighted by Crippen LogP contribution is -2.36. The molecule has 0 radical (unpaired) electrons. The Morgan fingerprint density at radius 2 is 1.77 bits per heavy atom. The first-order valence-corrected chi connectivity index (χ1v) is 10.9. The van der Waals surface area contributed by atoms with Gasteiger partial charge in [0.2, 0.25) is 0 Å². The zero-order valence-corrected chi connectivity index (χ0v) is 18.5. The molecule has 2 heterocycles. The minimum absolute atomic E-state index is 0. The SMILES string of the molecule is Cl.O=c1cc(-c2ccccc2)oc2cccc(OCCCCCN3CCC(O)CC3)c12. The van der Waals surface area contributed by atoms with E-state index in [1.807, 2.05) is 48.5 Å². The predicted molar refractivity (Wildman–Crippen MR) is 126 cm³/mol. The van der Waals surface area contributed by atoms with Crippen molar-refractivity contribution < 1.29 is 14.3 Å². The number of likely N-dealkylation sites (tertiary alicyclic amines) is 1. The maximum absolute atomic E-state index is 12.8. The number of fused-ring (bicyclic) bond motifs is 1. The van der Waals surface area contributed by atoms with Gasteiger partial charge in [0.15, 0.2) is 5.43 Å². The molecule has 0 aliphatic carbocycles. The first-order chi connectivity index (χ1) is 14.7. The Bertz CT molecular complexity index is 1010. The Kier molecular flexibility index (Phi) is 8.52. The topological polar surface area (TPSA) is 62.9 Å². The highest BCUT2D eigenvalue weighted by atomic mass is 35.5. The van der Waals surface area contributed by atoms with Crippen LogP contribution < -0.4 is 10.2 Å². The molecule has 1 aliphatic rings. The molecule has 4 rings (SSSR count). The fourth-order valence-corrected chi connectivity index (χ4v) is 3.98. The molecule has 1 aromatic heterocycles. The predicted octanol–water partition coefficient (Wildman–Crippen LogP) is 4.89. The molecular formula is C25H30ClNO4. The van der Waals surface area contributed by atoms with E-state index in [1.54, 1.807) is 6.07 Å². The minimum Gasteiger partial charge on any atom is -0.493 e. The van der Waals surface area contributed by atoms with E-state index >= 15 is 0 Å². The van der Waals surface area contributed by atoms with Crippen molar-refractivity contribution in [1.82, 2.24) is 4.90 Å². The van der Waals surface area contributed by atoms with Gasteiger partial charge in [-0.25, -0.2) is 0 Å². The number of benzene rings is 2. The van der Waals surface area contributed by atoms with Crippen LogP contribution in [0.25, 0.3) is 22.3 Å². The van der Waals surface area contributed by atoms with Crippen LogP contribution in [0.5, 0.6) is 5.75 Å². The van der Waals surface area contributed by atoms with Gasteiger partial charge in [0.1, 0.15) is 22.5 Å². The fraction of sp³-hybridized carbons (Fsp3) is 0.400. The van der Waals surface area contributed by atoms with Crippen LogP contribution in [-0.2, 0) is 0 Å². The quantitative estimate of drug-likeness (QED) is 0.502. The Morgan fingerprint density at radius 3 is 2.55 bits per heavy atom. The van der Waals surface area contributed by atoms with Crippen molar-refractivity contribution in [2.75, 3.05) is 26.2 Å². The minimum atomic E-state index is -0.114. The van der Waals surface area contributed by atoms with E-state index in [0.29, 0.717) is 29.1 Å². The number of unbranched alkanes of at least 4 members (excludes halogenated alkanes) is 2. The summed E-state index contributed by atoms with van der Waals surface area (Å²) in [6.07, 6.45) is 4.81. The number of aliphatic hydroxyl groups is 1. The first-order valence-electron chi connectivity index (χ1n) is 10.9. The Hall–Kier alpha value is -2.34. The third-order valence-corrected chi connectivity index (χ3v) is 5.71. The summed E-state index contributed by atoms with van der Waals surface area (Å²) in [7, 11) is 0. The van der Waals surface area contributed by atoms with E-state index in [2.05, 4.69) is 4.90 Å². The van der Waals surface area contributed by atoms with Crippen molar-refractivity contribution in [1.29, 1.82) is 0 Å². The van der Waals surface area contributed by atoms with Crippen molar-refractivity contribution in [3.8, 4) is 17.1 Å². The lowest BCUT2D eigenvalue weighted by molar-refractivity contribution is 0.0816. The van der Waals surface area contributed by atoms with Gasteiger partial charge in [-0.3, -0.25) is 4.79 Å². The molecule has 2 aromatic carbocycles. The summed E-state index contributed by atoms with van der Waals surface area (Å²) in [6.45, 7) is 3.65. The van der Waals surface area contributed by atoms with Crippen molar-refractivity contribution in [3.05, 3.63) is 64.8 Å². The number of hydrogen-bond acceptors (Lipinski definition) is 5. The lowest BCUT2D eigenvalue weighted by Gasteiger charge is -2.29. The third-order valence-electron chi connectivity index (χ3n) is 5.71. The number of ether oxygens (including phenoxy) is 1. The average molecular weight is 444 g/mol. The highest BCUT2D eigenvalue weighted by molar-refractivity contribution is 5.85. The van der Waals surface area contributed by atoms with Gasteiger partial charge >= 0.3 is 0 Å². The van der Waals surface area contributed by atoms with Gasteiger partial charge in [0.25, 0.3) is 0 Å². The molecule has 31 heavy (non-hydrogen) atoms. The smallest absolute Gasteiger partial charge is 0.197 e. The van der Waals surface area contributed by atoms with Crippen LogP contribution >= 0.6 is 12.4 Å². The van der Waals surface area contributed by atoms with Gasteiger partial charge in [-0.1, -0.05) is 36.4 Å². The molecular weight excluding hydrogens is 414 g/mol. The van der Waals surface area contributed by atoms with Crippen LogP contribution in [0.1, 0.15) is 32.1 Å². The van der Waals surface area contributed by atoms with E-state index in [9.17, 15) is 9.90 Å². The molecule has 0 atom stereocenters. The van der Waals surface area contributed by atoms with Gasteiger partial charge in [-0.2, -0.15) is 0 Å². The van der Waals surface area contributed by atoms with E-state index < -0.39 is 0 Å². The van der Waals surface area contributed by atoms with Crippen LogP contribution in [0, 0.1) is 0 Å². The second-order valence-electron chi connectivity index (χ2n) is 7.95. The largest absolute Gasteiger partial charge is 0.493 e. The number of nitrogens with zero attached hydrogens (tertiary/aromatic N) is 1. The number of halogens is 1. The van der Waals surface area contributed by atoms with E-state index in [0.717, 1.165) is 57.3 Å². The second-order valence-corrected chi connectivity index (χ2v) is 7.95. The maximum atomic E-state index is 12.8. The summed E-state index contributed by atoms with van der Waals surface area (Å²) in [4.78, 5) is 15.2. The number of rotatable bonds is 8. The molecule has 1 fully saturated rings. The monoisotopic (exact) mass is 443 g/mol. The second kappa shape index (κ2) is 11.3. The Morgan fingerprint density at radius 1 is 1.00 bits per heavy atom. The molecule has 1 saturated heterocycles. The fourth-order valence-electron chi connectivity index (χ4n) is 3.98. The van der Waals surface area contributed by atoms with Gasteiger partial charge in [0, 0.05) is 24.7 Å². The zero-order valence-electron chi connectivity index (χ0n) is 17.7. The third kappa shape index (κ3) is 6.10. The molecule has 0 saturated carbocycles. The van der Waals surface area contributed by atoms with Gasteiger partial charge in [-0.15, -0.1) is 12.4 Å².